The number of carbonyl (C=O) groups is 1. The van der Waals surface area contributed by atoms with Gasteiger partial charge in [-0.15, -0.1) is 0 Å². The molecule has 0 radical (unpaired) electrons. The van der Waals surface area contributed by atoms with Crippen LogP contribution in [0.4, 0.5) is 0 Å². The van der Waals surface area contributed by atoms with Gasteiger partial charge in [-0.05, 0) is 19.9 Å². The molecule has 0 rings (SSSR count). The smallest absolute Gasteiger partial charge is 0.308 e. The Kier molecular flexibility index (Phi) is 11.3. The van der Waals surface area contributed by atoms with Crippen LogP contribution in [-0.2, 0) is 14.3 Å². The normalized spacial score (nSPS) is 12.4. The number of hydrogen-bond donors (Lipinski definition) is 3. The monoisotopic (exact) mass is 249 g/mol. The summed E-state index contributed by atoms with van der Waals surface area (Å²) in [5.74, 6) is -0.381. The minimum Gasteiger partial charge on any atom is -0.466 e. The van der Waals surface area contributed by atoms with Crippen molar-refractivity contribution < 1.29 is 24.5 Å². The van der Waals surface area contributed by atoms with Crippen molar-refractivity contribution in [1.82, 2.24) is 5.32 Å². The Bertz CT molecular complexity index is 189. The summed E-state index contributed by atoms with van der Waals surface area (Å²) in [6.07, 6.45) is 0.0981. The number of aliphatic hydroxyl groups excluding tert-OH is 2. The van der Waals surface area contributed by atoms with E-state index in [1.165, 1.54) is 0 Å². The van der Waals surface area contributed by atoms with E-state index in [0.717, 1.165) is 6.42 Å². The molecule has 0 aliphatic rings. The highest BCUT2D eigenvalue weighted by Gasteiger charge is 2.10. The van der Waals surface area contributed by atoms with Crippen molar-refractivity contribution in [2.75, 3.05) is 39.5 Å². The molecule has 0 aromatic carbocycles. The second-order valence-electron chi connectivity index (χ2n) is 3.56. The lowest BCUT2D eigenvalue weighted by Crippen LogP contribution is -2.30. The zero-order valence-corrected chi connectivity index (χ0v) is 10.4. The molecular weight excluding hydrogens is 226 g/mol. The second kappa shape index (κ2) is 11.8. The van der Waals surface area contributed by atoms with Gasteiger partial charge < -0.3 is 25.0 Å². The molecule has 0 amide bonds. The summed E-state index contributed by atoms with van der Waals surface area (Å²) >= 11 is 0. The van der Waals surface area contributed by atoms with E-state index < -0.39 is 6.10 Å². The van der Waals surface area contributed by atoms with Crippen molar-refractivity contribution in [3.05, 3.63) is 0 Å². The fraction of sp³-hybridized carbons (Fsp3) is 0.909. The number of esters is 1. The molecule has 1 unspecified atom stereocenters. The van der Waals surface area contributed by atoms with Crippen molar-refractivity contribution in [3.8, 4) is 0 Å². The minimum absolute atomic E-state index is 0.0157. The third-order valence-corrected chi connectivity index (χ3v) is 1.97. The van der Waals surface area contributed by atoms with Gasteiger partial charge in [-0.25, -0.2) is 0 Å². The molecule has 0 saturated carbocycles. The quantitative estimate of drug-likeness (QED) is 0.331. The lowest BCUT2D eigenvalue weighted by molar-refractivity contribution is -0.145. The Labute approximate surface area is 102 Å². The number of carbonyl (C=O) groups excluding carboxylic acids is 1. The zero-order valence-electron chi connectivity index (χ0n) is 10.4. The van der Waals surface area contributed by atoms with Crippen molar-refractivity contribution in [2.24, 2.45) is 0 Å². The predicted octanol–water partition coefficient (Wildman–Crippen LogP) is -0.711. The summed E-state index contributed by atoms with van der Waals surface area (Å²) in [7, 11) is 0. The van der Waals surface area contributed by atoms with Crippen molar-refractivity contribution in [2.45, 2.75) is 25.9 Å². The van der Waals surface area contributed by atoms with E-state index >= 15 is 0 Å². The molecule has 6 nitrogen and oxygen atoms in total. The zero-order chi connectivity index (χ0) is 12.9. The maximum Gasteiger partial charge on any atom is 0.308 e. The maximum atomic E-state index is 11.0. The van der Waals surface area contributed by atoms with Crippen LogP contribution in [-0.4, -0.2) is 61.8 Å². The molecule has 0 heterocycles. The SMILES string of the molecule is CCOC(=O)CC(O)CNCCCOCCO. The molecule has 0 aliphatic carbocycles. The van der Waals surface area contributed by atoms with Gasteiger partial charge in [0.15, 0.2) is 0 Å². The lowest BCUT2D eigenvalue weighted by Gasteiger charge is -2.11. The van der Waals surface area contributed by atoms with Crippen molar-refractivity contribution in [1.29, 1.82) is 0 Å². The molecule has 0 aromatic heterocycles. The van der Waals surface area contributed by atoms with E-state index in [2.05, 4.69) is 5.32 Å². The number of hydrogen-bond acceptors (Lipinski definition) is 6. The van der Waals surface area contributed by atoms with Crippen LogP contribution >= 0.6 is 0 Å². The molecular formula is C11H23NO5. The van der Waals surface area contributed by atoms with Gasteiger partial charge in [0.25, 0.3) is 0 Å². The lowest BCUT2D eigenvalue weighted by atomic mass is 10.2. The van der Waals surface area contributed by atoms with E-state index in [4.69, 9.17) is 14.6 Å². The Balaban J connectivity index is 3.27. The molecule has 0 aliphatic heterocycles. The first-order chi connectivity index (χ1) is 8.20. The van der Waals surface area contributed by atoms with E-state index in [9.17, 15) is 9.90 Å². The van der Waals surface area contributed by atoms with Gasteiger partial charge in [0.1, 0.15) is 0 Å². The van der Waals surface area contributed by atoms with Gasteiger partial charge in [0.05, 0.1) is 32.3 Å². The molecule has 102 valence electrons. The molecule has 3 N–H and O–H groups in total. The summed E-state index contributed by atoms with van der Waals surface area (Å²) in [5.41, 5.74) is 0. The van der Waals surface area contributed by atoms with Crippen LogP contribution in [0.1, 0.15) is 19.8 Å². The van der Waals surface area contributed by atoms with E-state index in [1.807, 2.05) is 0 Å². The van der Waals surface area contributed by atoms with Gasteiger partial charge in [0.2, 0.25) is 0 Å². The Hall–Kier alpha value is -0.690. The fourth-order valence-corrected chi connectivity index (χ4v) is 1.22. The predicted molar refractivity (Wildman–Crippen MR) is 62.6 cm³/mol. The molecule has 1 atom stereocenters. The summed E-state index contributed by atoms with van der Waals surface area (Å²) in [6, 6.07) is 0. The standard InChI is InChI=1S/C11H23NO5/c1-2-17-11(15)8-10(14)9-12-4-3-6-16-7-5-13/h10,12-14H,2-9H2,1H3. The third-order valence-electron chi connectivity index (χ3n) is 1.97. The molecule has 0 bridgehead atoms. The first-order valence-corrected chi connectivity index (χ1v) is 5.93. The van der Waals surface area contributed by atoms with Crippen LogP contribution in [0.5, 0.6) is 0 Å². The van der Waals surface area contributed by atoms with Crippen LogP contribution in [0.3, 0.4) is 0 Å². The molecule has 0 fully saturated rings. The molecule has 0 spiro atoms. The van der Waals surface area contributed by atoms with Gasteiger partial charge in [-0.1, -0.05) is 0 Å². The average Bonchev–Trinajstić information content (AvgIpc) is 2.28. The van der Waals surface area contributed by atoms with Gasteiger partial charge in [0, 0.05) is 13.2 Å². The highest BCUT2D eigenvalue weighted by molar-refractivity contribution is 5.69. The van der Waals surface area contributed by atoms with Crippen molar-refractivity contribution in [3.63, 3.8) is 0 Å². The van der Waals surface area contributed by atoms with Crippen LogP contribution in [0.15, 0.2) is 0 Å². The first kappa shape index (κ1) is 16.3. The Morgan fingerprint density at radius 2 is 2.18 bits per heavy atom. The number of ether oxygens (including phenoxy) is 2. The Morgan fingerprint density at radius 1 is 1.41 bits per heavy atom. The van der Waals surface area contributed by atoms with Gasteiger partial charge in [-0.2, -0.15) is 0 Å². The van der Waals surface area contributed by atoms with Crippen LogP contribution in [0, 0.1) is 0 Å². The number of rotatable bonds is 11. The number of nitrogens with one attached hydrogen (secondary N) is 1. The minimum atomic E-state index is -0.715. The van der Waals surface area contributed by atoms with E-state index in [1.54, 1.807) is 6.92 Å². The second-order valence-corrected chi connectivity index (χ2v) is 3.56. The van der Waals surface area contributed by atoms with Crippen LogP contribution < -0.4 is 5.32 Å². The largest absolute Gasteiger partial charge is 0.466 e. The summed E-state index contributed by atoms with van der Waals surface area (Å²) < 4.78 is 9.77. The average molecular weight is 249 g/mol. The topological polar surface area (TPSA) is 88.0 Å². The molecule has 0 saturated heterocycles. The molecule has 6 heteroatoms. The maximum absolute atomic E-state index is 11.0. The highest BCUT2D eigenvalue weighted by atomic mass is 16.5. The number of aliphatic hydroxyl groups is 2. The van der Waals surface area contributed by atoms with Crippen LogP contribution in [0.2, 0.25) is 0 Å². The van der Waals surface area contributed by atoms with Gasteiger partial charge in [-0.3, -0.25) is 4.79 Å². The van der Waals surface area contributed by atoms with E-state index in [0.29, 0.717) is 32.9 Å². The highest BCUT2D eigenvalue weighted by Crippen LogP contribution is 1.93. The van der Waals surface area contributed by atoms with Crippen LogP contribution in [0.25, 0.3) is 0 Å². The van der Waals surface area contributed by atoms with Gasteiger partial charge >= 0.3 is 5.97 Å². The molecule has 0 aromatic rings. The third kappa shape index (κ3) is 11.6. The Morgan fingerprint density at radius 3 is 2.82 bits per heavy atom. The summed E-state index contributed by atoms with van der Waals surface area (Å²) in [6.45, 7) is 4.08. The summed E-state index contributed by atoms with van der Waals surface area (Å²) in [5, 5.41) is 20.9. The first-order valence-electron chi connectivity index (χ1n) is 5.93. The van der Waals surface area contributed by atoms with Crippen molar-refractivity contribution >= 4 is 5.97 Å². The fourth-order valence-electron chi connectivity index (χ4n) is 1.22. The summed E-state index contributed by atoms with van der Waals surface area (Å²) in [4.78, 5) is 11.0. The molecule has 17 heavy (non-hydrogen) atoms. The van der Waals surface area contributed by atoms with E-state index in [-0.39, 0.29) is 19.0 Å².